The van der Waals surface area contributed by atoms with Crippen molar-refractivity contribution >= 4 is 17.7 Å². The van der Waals surface area contributed by atoms with Gasteiger partial charge >= 0.3 is 0 Å². The van der Waals surface area contributed by atoms with E-state index in [0.29, 0.717) is 12.6 Å². The Bertz CT molecular complexity index is 153. The topological polar surface area (TPSA) is 41.1 Å². The van der Waals surface area contributed by atoms with E-state index in [1.807, 2.05) is 13.8 Å². The van der Waals surface area contributed by atoms with Crippen molar-refractivity contribution in [3.63, 3.8) is 0 Å². The van der Waals surface area contributed by atoms with Gasteiger partial charge < -0.3 is 10.6 Å². The number of thioether (sulfide) groups is 1. The van der Waals surface area contributed by atoms with Crippen molar-refractivity contribution in [3.8, 4) is 0 Å². The summed E-state index contributed by atoms with van der Waals surface area (Å²) in [6.07, 6.45) is 2.06. The zero-order valence-corrected chi connectivity index (χ0v) is 9.70. The van der Waals surface area contributed by atoms with Crippen molar-refractivity contribution in [2.75, 3.05) is 18.6 Å². The van der Waals surface area contributed by atoms with Crippen molar-refractivity contribution < 1.29 is 4.79 Å². The number of hydrogen-bond donors (Lipinski definition) is 2. The predicted molar refractivity (Wildman–Crippen MR) is 59.1 cm³/mol. The van der Waals surface area contributed by atoms with Crippen molar-refractivity contribution in [3.05, 3.63) is 0 Å². The van der Waals surface area contributed by atoms with Gasteiger partial charge in [-0.3, -0.25) is 4.79 Å². The second kappa shape index (κ2) is 7.21. The Balaban J connectivity index is 3.71. The van der Waals surface area contributed by atoms with Crippen molar-refractivity contribution in [2.24, 2.45) is 0 Å². The molecule has 0 aliphatic rings. The lowest BCUT2D eigenvalue weighted by Gasteiger charge is -2.18. The Morgan fingerprint density at radius 2 is 2.08 bits per heavy atom. The first-order valence-electron chi connectivity index (χ1n) is 4.64. The summed E-state index contributed by atoms with van der Waals surface area (Å²) >= 11 is 1.78. The van der Waals surface area contributed by atoms with Crippen LogP contribution in [0.25, 0.3) is 0 Å². The van der Waals surface area contributed by atoms with E-state index in [9.17, 15) is 4.79 Å². The fraction of sp³-hybridized carbons (Fsp3) is 0.889. The zero-order chi connectivity index (χ0) is 10.3. The molecule has 0 bridgehead atoms. The molecule has 1 amide bonds. The zero-order valence-electron chi connectivity index (χ0n) is 8.89. The highest BCUT2D eigenvalue weighted by Crippen LogP contribution is 1.97. The Labute approximate surface area is 85.0 Å². The summed E-state index contributed by atoms with van der Waals surface area (Å²) in [6.45, 7) is 6.60. The van der Waals surface area contributed by atoms with Gasteiger partial charge in [0.2, 0.25) is 5.91 Å². The van der Waals surface area contributed by atoms with Crippen molar-refractivity contribution in [1.82, 2.24) is 10.6 Å². The molecule has 0 aliphatic carbocycles. The van der Waals surface area contributed by atoms with Crippen molar-refractivity contribution in [1.29, 1.82) is 0 Å². The van der Waals surface area contributed by atoms with E-state index in [0.717, 1.165) is 5.75 Å². The highest BCUT2D eigenvalue weighted by atomic mass is 32.2. The normalized spacial score (nSPS) is 15.1. The average molecular weight is 204 g/mol. The lowest BCUT2D eigenvalue weighted by atomic mass is 10.2. The summed E-state index contributed by atoms with van der Waals surface area (Å²) in [7, 11) is 0. The van der Waals surface area contributed by atoms with Gasteiger partial charge in [0.15, 0.2) is 0 Å². The molecular weight excluding hydrogens is 184 g/mol. The Morgan fingerprint density at radius 3 is 2.54 bits per heavy atom. The van der Waals surface area contributed by atoms with E-state index >= 15 is 0 Å². The summed E-state index contributed by atoms with van der Waals surface area (Å²) in [5.41, 5.74) is 0. The monoisotopic (exact) mass is 204 g/mol. The fourth-order valence-electron chi connectivity index (χ4n) is 1.13. The van der Waals surface area contributed by atoms with E-state index < -0.39 is 0 Å². The number of amides is 1. The van der Waals surface area contributed by atoms with Gasteiger partial charge in [-0.25, -0.2) is 0 Å². The molecule has 13 heavy (non-hydrogen) atoms. The summed E-state index contributed by atoms with van der Waals surface area (Å²) in [5.74, 6) is 1.11. The maximum absolute atomic E-state index is 11.3. The largest absolute Gasteiger partial charge is 0.355 e. The Kier molecular flexibility index (Phi) is 7.09. The molecule has 0 saturated heterocycles. The molecule has 0 aromatic rings. The maximum atomic E-state index is 11.3. The first-order valence-corrected chi connectivity index (χ1v) is 6.03. The molecule has 2 unspecified atom stereocenters. The van der Waals surface area contributed by atoms with Gasteiger partial charge in [-0.05, 0) is 27.0 Å². The smallest absolute Gasteiger partial charge is 0.236 e. The van der Waals surface area contributed by atoms with Crippen LogP contribution in [0.5, 0.6) is 0 Å². The number of likely N-dealkylation sites (N-methyl/N-ethyl adjacent to an activating group) is 1. The molecule has 2 atom stereocenters. The molecule has 0 radical (unpaired) electrons. The van der Waals surface area contributed by atoms with E-state index in [1.165, 1.54) is 0 Å². The van der Waals surface area contributed by atoms with E-state index in [2.05, 4.69) is 23.8 Å². The summed E-state index contributed by atoms with van der Waals surface area (Å²) in [6, 6.07) is 0.287. The van der Waals surface area contributed by atoms with Crippen LogP contribution in [0.2, 0.25) is 0 Å². The Morgan fingerprint density at radius 1 is 1.46 bits per heavy atom. The molecule has 0 heterocycles. The SMILES string of the molecule is CCNC(=O)C(C)NC(C)CSC. The number of carbonyl (C=O) groups excluding carboxylic acids is 1. The molecule has 0 aromatic carbocycles. The fourth-order valence-corrected chi connectivity index (χ4v) is 1.72. The van der Waals surface area contributed by atoms with Gasteiger partial charge in [0.05, 0.1) is 6.04 Å². The van der Waals surface area contributed by atoms with Crippen LogP contribution < -0.4 is 10.6 Å². The van der Waals surface area contributed by atoms with Crippen LogP contribution >= 0.6 is 11.8 Å². The molecule has 3 nitrogen and oxygen atoms in total. The quantitative estimate of drug-likeness (QED) is 0.674. The van der Waals surface area contributed by atoms with Crippen LogP contribution in [0.3, 0.4) is 0 Å². The van der Waals surface area contributed by atoms with Gasteiger partial charge in [-0.2, -0.15) is 11.8 Å². The highest BCUT2D eigenvalue weighted by molar-refractivity contribution is 7.98. The highest BCUT2D eigenvalue weighted by Gasteiger charge is 2.13. The van der Waals surface area contributed by atoms with Gasteiger partial charge in [-0.1, -0.05) is 0 Å². The molecule has 0 spiro atoms. The standard InChI is InChI=1S/C9H20N2OS/c1-5-10-9(12)8(3)11-7(2)6-13-4/h7-8,11H,5-6H2,1-4H3,(H,10,12). The summed E-state index contributed by atoms with van der Waals surface area (Å²) < 4.78 is 0. The minimum absolute atomic E-state index is 0.0791. The lowest BCUT2D eigenvalue weighted by Crippen LogP contribution is -2.46. The first kappa shape index (κ1) is 12.8. The second-order valence-corrected chi connectivity index (χ2v) is 4.05. The number of carbonyl (C=O) groups is 1. The third-order valence-electron chi connectivity index (χ3n) is 1.70. The predicted octanol–water partition coefficient (Wildman–Crippen LogP) is 0.852. The van der Waals surface area contributed by atoms with Crippen molar-refractivity contribution in [2.45, 2.75) is 32.9 Å². The molecule has 0 aliphatic heterocycles. The number of rotatable bonds is 6. The molecule has 0 aromatic heterocycles. The van der Waals surface area contributed by atoms with Crippen LogP contribution in [0.15, 0.2) is 0 Å². The van der Waals surface area contributed by atoms with E-state index in [-0.39, 0.29) is 11.9 Å². The second-order valence-electron chi connectivity index (χ2n) is 3.14. The summed E-state index contributed by atoms with van der Waals surface area (Å²) in [4.78, 5) is 11.3. The molecule has 0 rings (SSSR count). The average Bonchev–Trinajstić information content (AvgIpc) is 2.05. The van der Waals surface area contributed by atoms with Gasteiger partial charge in [0.1, 0.15) is 0 Å². The van der Waals surface area contributed by atoms with Gasteiger partial charge in [0.25, 0.3) is 0 Å². The van der Waals surface area contributed by atoms with Crippen LogP contribution in [-0.2, 0) is 4.79 Å². The first-order chi connectivity index (χ1) is 6.11. The van der Waals surface area contributed by atoms with Gasteiger partial charge in [-0.15, -0.1) is 0 Å². The lowest BCUT2D eigenvalue weighted by molar-refractivity contribution is -0.122. The molecular formula is C9H20N2OS. The van der Waals surface area contributed by atoms with Crippen LogP contribution in [0, 0.1) is 0 Å². The molecule has 4 heteroatoms. The molecule has 0 fully saturated rings. The van der Waals surface area contributed by atoms with Gasteiger partial charge in [0, 0.05) is 18.3 Å². The number of nitrogens with one attached hydrogen (secondary N) is 2. The third-order valence-corrected chi connectivity index (χ3v) is 2.53. The van der Waals surface area contributed by atoms with E-state index in [4.69, 9.17) is 0 Å². The molecule has 0 saturated carbocycles. The minimum atomic E-state index is -0.0953. The molecule has 78 valence electrons. The number of hydrogen-bond acceptors (Lipinski definition) is 3. The van der Waals surface area contributed by atoms with E-state index in [1.54, 1.807) is 11.8 Å². The molecule has 2 N–H and O–H groups in total. The Hall–Kier alpha value is -0.220. The van der Waals surface area contributed by atoms with Crippen LogP contribution in [0.4, 0.5) is 0 Å². The van der Waals surface area contributed by atoms with Crippen LogP contribution in [0.1, 0.15) is 20.8 Å². The summed E-state index contributed by atoms with van der Waals surface area (Å²) in [5, 5.41) is 6.02. The minimum Gasteiger partial charge on any atom is -0.355 e. The third kappa shape index (κ3) is 5.93. The van der Waals surface area contributed by atoms with Crippen LogP contribution in [-0.4, -0.2) is 36.5 Å². The maximum Gasteiger partial charge on any atom is 0.236 e.